The minimum absolute atomic E-state index is 0.182. The van der Waals surface area contributed by atoms with Gasteiger partial charge in [-0.1, -0.05) is 44.3 Å². The summed E-state index contributed by atoms with van der Waals surface area (Å²) < 4.78 is 6.35. The Morgan fingerprint density at radius 1 is 1.17 bits per heavy atom. The van der Waals surface area contributed by atoms with Gasteiger partial charge >= 0.3 is 0 Å². The molecule has 0 unspecified atom stereocenters. The molecule has 2 atom stereocenters. The molecule has 0 radical (unpaired) electrons. The van der Waals surface area contributed by atoms with Gasteiger partial charge in [-0.05, 0) is 57.7 Å². The molecule has 2 aliphatic rings. The summed E-state index contributed by atoms with van der Waals surface area (Å²) in [6.07, 6.45) is 10.8. The summed E-state index contributed by atoms with van der Waals surface area (Å²) in [5.41, 5.74) is 3.44. The predicted molar refractivity (Wildman–Crippen MR) is 99.9 cm³/mol. The third-order valence-corrected chi connectivity index (χ3v) is 5.79. The number of fused-ring (bicyclic) bond motifs is 3. The van der Waals surface area contributed by atoms with Crippen molar-refractivity contribution < 1.29 is 9.84 Å². The summed E-state index contributed by atoms with van der Waals surface area (Å²) in [5.74, 6) is 2.04. The number of phenolic OH excluding ortho intramolecular Hbond substituents is 1. The van der Waals surface area contributed by atoms with Gasteiger partial charge in [0.25, 0.3) is 0 Å². The van der Waals surface area contributed by atoms with Gasteiger partial charge in [0.05, 0.1) is 0 Å². The van der Waals surface area contributed by atoms with E-state index in [1.54, 1.807) is 0 Å². The maximum Gasteiger partial charge on any atom is 0.127 e. The third kappa shape index (κ3) is 3.34. The Labute approximate surface area is 146 Å². The van der Waals surface area contributed by atoms with E-state index in [9.17, 15) is 5.11 Å². The number of unbranched alkanes of at least 4 members (excludes halogenated alkanes) is 4. The van der Waals surface area contributed by atoms with Crippen LogP contribution in [0.5, 0.6) is 11.5 Å². The lowest BCUT2D eigenvalue weighted by Crippen LogP contribution is -2.42. The highest BCUT2D eigenvalue weighted by atomic mass is 16.5. The molecule has 0 bridgehead atoms. The van der Waals surface area contributed by atoms with Crippen molar-refractivity contribution in [1.82, 2.24) is 0 Å². The minimum atomic E-state index is -0.182. The average molecular weight is 328 g/mol. The van der Waals surface area contributed by atoms with Gasteiger partial charge in [0.2, 0.25) is 0 Å². The zero-order valence-corrected chi connectivity index (χ0v) is 15.7. The highest BCUT2D eigenvalue weighted by Crippen LogP contribution is 2.54. The van der Waals surface area contributed by atoms with Gasteiger partial charge in [-0.2, -0.15) is 0 Å². The van der Waals surface area contributed by atoms with Gasteiger partial charge in [-0.25, -0.2) is 0 Å². The minimum Gasteiger partial charge on any atom is -0.507 e. The van der Waals surface area contributed by atoms with E-state index in [1.807, 2.05) is 6.07 Å². The van der Waals surface area contributed by atoms with Gasteiger partial charge in [-0.15, -0.1) is 0 Å². The molecule has 1 aliphatic carbocycles. The molecule has 1 aromatic rings. The van der Waals surface area contributed by atoms with Crippen LogP contribution in [0.15, 0.2) is 23.8 Å². The molecule has 0 saturated carbocycles. The third-order valence-electron chi connectivity index (χ3n) is 5.79. The molecule has 1 N–H and O–H groups in total. The number of phenols is 1. The maximum atomic E-state index is 10.7. The molecule has 3 rings (SSSR count). The average Bonchev–Trinajstić information content (AvgIpc) is 2.89. The van der Waals surface area contributed by atoms with Crippen molar-refractivity contribution in [3.05, 3.63) is 34.9 Å². The van der Waals surface area contributed by atoms with Crippen LogP contribution >= 0.6 is 0 Å². The molecule has 0 amide bonds. The molecule has 0 spiro atoms. The standard InChI is InChI=1S/C22H32O2/c1-5-6-7-8-9-10-16-13-19(23)21-17-11-15(2)12-18(17)22(3,4)24-20(21)14-16/h11,13-14,17-18,23H,5-10,12H2,1-4H3/t17-,18-/m1/s1. The lowest BCUT2D eigenvalue weighted by molar-refractivity contribution is 0.0224. The summed E-state index contributed by atoms with van der Waals surface area (Å²) in [5, 5.41) is 10.7. The first-order valence-corrected chi connectivity index (χ1v) is 9.64. The SMILES string of the molecule is CCCCCCCc1cc(O)c2c(c1)OC(C)(C)[C@@H]1CC(C)=C[C@@H]21. The molecular weight excluding hydrogens is 296 g/mol. The van der Waals surface area contributed by atoms with Crippen molar-refractivity contribution in [1.29, 1.82) is 0 Å². The monoisotopic (exact) mass is 328 g/mol. The highest BCUT2D eigenvalue weighted by molar-refractivity contribution is 5.54. The molecule has 24 heavy (non-hydrogen) atoms. The Balaban J connectivity index is 1.81. The Kier molecular flexibility index (Phi) is 4.94. The van der Waals surface area contributed by atoms with Gasteiger partial charge < -0.3 is 9.84 Å². The molecule has 0 saturated heterocycles. The number of aryl methyl sites for hydroxylation is 1. The number of allylic oxidation sites excluding steroid dienone is 2. The number of hydrogen-bond acceptors (Lipinski definition) is 2. The maximum absolute atomic E-state index is 10.7. The zero-order chi connectivity index (χ0) is 17.3. The van der Waals surface area contributed by atoms with Crippen molar-refractivity contribution in [2.24, 2.45) is 5.92 Å². The Morgan fingerprint density at radius 2 is 1.92 bits per heavy atom. The van der Waals surface area contributed by atoms with Crippen molar-refractivity contribution in [2.45, 2.75) is 84.2 Å². The van der Waals surface area contributed by atoms with Gasteiger partial charge in [0.1, 0.15) is 17.1 Å². The topological polar surface area (TPSA) is 29.5 Å². The number of rotatable bonds is 6. The first kappa shape index (κ1) is 17.4. The summed E-state index contributed by atoms with van der Waals surface area (Å²) in [6, 6.07) is 4.15. The van der Waals surface area contributed by atoms with Gasteiger partial charge in [-0.3, -0.25) is 0 Å². The lowest BCUT2D eigenvalue weighted by Gasteiger charge is -2.42. The number of hydrogen-bond donors (Lipinski definition) is 1. The summed E-state index contributed by atoms with van der Waals surface area (Å²) >= 11 is 0. The molecule has 1 aliphatic heterocycles. The van der Waals surface area contributed by atoms with Crippen molar-refractivity contribution in [3.63, 3.8) is 0 Å². The lowest BCUT2D eigenvalue weighted by atomic mass is 9.75. The van der Waals surface area contributed by atoms with Crippen LogP contribution in [0.4, 0.5) is 0 Å². The molecule has 2 nitrogen and oxygen atoms in total. The second kappa shape index (κ2) is 6.82. The van der Waals surface area contributed by atoms with Crippen LogP contribution in [0.1, 0.15) is 83.3 Å². The van der Waals surface area contributed by atoms with Crippen molar-refractivity contribution in [2.75, 3.05) is 0 Å². The molecule has 2 heteroatoms. The summed E-state index contributed by atoms with van der Waals surface area (Å²) in [7, 11) is 0. The van der Waals surface area contributed by atoms with Crippen LogP contribution in [0, 0.1) is 5.92 Å². The zero-order valence-electron chi connectivity index (χ0n) is 15.7. The fourth-order valence-corrected chi connectivity index (χ4v) is 4.45. The number of aromatic hydroxyl groups is 1. The summed E-state index contributed by atoms with van der Waals surface area (Å²) in [6.45, 7) is 8.81. The fraction of sp³-hybridized carbons (Fsp3) is 0.636. The largest absolute Gasteiger partial charge is 0.507 e. The normalized spacial score (nSPS) is 24.1. The van der Waals surface area contributed by atoms with Crippen LogP contribution < -0.4 is 4.74 Å². The van der Waals surface area contributed by atoms with E-state index in [0.29, 0.717) is 17.6 Å². The van der Waals surface area contributed by atoms with E-state index in [2.05, 4.69) is 39.8 Å². The highest BCUT2D eigenvalue weighted by Gasteiger charge is 2.46. The predicted octanol–water partition coefficient (Wildman–Crippen LogP) is 6.13. The van der Waals surface area contributed by atoms with E-state index in [4.69, 9.17) is 4.74 Å². The van der Waals surface area contributed by atoms with Crippen LogP contribution in [-0.4, -0.2) is 10.7 Å². The summed E-state index contributed by atoms with van der Waals surface area (Å²) in [4.78, 5) is 0. The molecule has 132 valence electrons. The van der Waals surface area contributed by atoms with E-state index in [0.717, 1.165) is 24.2 Å². The molecular formula is C22H32O2. The number of benzene rings is 1. The molecule has 1 heterocycles. The molecule has 0 fully saturated rings. The quantitative estimate of drug-likeness (QED) is 0.503. The van der Waals surface area contributed by atoms with E-state index in [-0.39, 0.29) is 5.60 Å². The number of ether oxygens (including phenoxy) is 1. The van der Waals surface area contributed by atoms with Gasteiger partial charge in [0, 0.05) is 17.4 Å². The van der Waals surface area contributed by atoms with Crippen LogP contribution in [0.3, 0.4) is 0 Å². The first-order valence-electron chi connectivity index (χ1n) is 9.64. The van der Waals surface area contributed by atoms with E-state index in [1.165, 1.54) is 43.2 Å². The second-order valence-corrected chi connectivity index (χ2v) is 8.25. The van der Waals surface area contributed by atoms with E-state index < -0.39 is 0 Å². The smallest absolute Gasteiger partial charge is 0.127 e. The first-order chi connectivity index (χ1) is 11.4. The van der Waals surface area contributed by atoms with E-state index >= 15 is 0 Å². The van der Waals surface area contributed by atoms with Crippen molar-refractivity contribution >= 4 is 0 Å². The Morgan fingerprint density at radius 3 is 2.67 bits per heavy atom. The molecule has 0 aromatic heterocycles. The Bertz CT molecular complexity index is 627. The van der Waals surface area contributed by atoms with Crippen LogP contribution in [-0.2, 0) is 6.42 Å². The van der Waals surface area contributed by atoms with Gasteiger partial charge in [0.15, 0.2) is 0 Å². The van der Waals surface area contributed by atoms with Crippen LogP contribution in [0.25, 0.3) is 0 Å². The van der Waals surface area contributed by atoms with Crippen LogP contribution in [0.2, 0.25) is 0 Å². The second-order valence-electron chi connectivity index (χ2n) is 8.25. The fourth-order valence-electron chi connectivity index (χ4n) is 4.45. The Hall–Kier alpha value is -1.44. The van der Waals surface area contributed by atoms with Crippen molar-refractivity contribution in [3.8, 4) is 11.5 Å². The molecule has 1 aromatic carbocycles.